The van der Waals surface area contributed by atoms with E-state index in [-0.39, 0.29) is 23.8 Å². The summed E-state index contributed by atoms with van der Waals surface area (Å²) in [4.78, 5) is 22.9. The molecule has 2 rings (SSSR count). The van der Waals surface area contributed by atoms with Crippen molar-refractivity contribution in [3.8, 4) is 0 Å². The summed E-state index contributed by atoms with van der Waals surface area (Å²) in [6.45, 7) is 3.23. The molecule has 2 amide bonds. The van der Waals surface area contributed by atoms with E-state index in [1.165, 1.54) is 0 Å². The number of hydrogen-bond acceptors (Lipinski definition) is 4. The maximum absolute atomic E-state index is 11.6. The Morgan fingerprint density at radius 1 is 1.22 bits per heavy atom. The average Bonchev–Trinajstić information content (AvgIpc) is 3.20. The van der Waals surface area contributed by atoms with Crippen molar-refractivity contribution in [2.24, 2.45) is 5.92 Å². The fourth-order valence-corrected chi connectivity index (χ4v) is 1.91. The summed E-state index contributed by atoms with van der Waals surface area (Å²) in [5.41, 5.74) is 0. The number of nitrogens with one attached hydrogen (secondary N) is 3. The maximum Gasteiger partial charge on any atom is 0.223 e. The van der Waals surface area contributed by atoms with E-state index in [2.05, 4.69) is 16.0 Å². The van der Waals surface area contributed by atoms with E-state index < -0.39 is 0 Å². The fourth-order valence-electron chi connectivity index (χ4n) is 1.91. The molecule has 2 fully saturated rings. The number of carbonyl (C=O) groups is 2. The zero-order valence-electron chi connectivity index (χ0n) is 10.5. The molecule has 1 aliphatic heterocycles. The lowest BCUT2D eigenvalue weighted by Gasteiger charge is -2.23. The van der Waals surface area contributed by atoms with Gasteiger partial charge in [-0.3, -0.25) is 9.59 Å². The number of ether oxygens (including phenoxy) is 1. The van der Waals surface area contributed by atoms with Crippen LogP contribution in [0.3, 0.4) is 0 Å². The van der Waals surface area contributed by atoms with E-state index in [4.69, 9.17) is 4.74 Å². The number of amides is 2. The smallest absolute Gasteiger partial charge is 0.223 e. The van der Waals surface area contributed by atoms with E-state index in [1.807, 2.05) is 0 Å². The predicted octanol–water partition coefficient (Wildman–Crippen LogP) is -0.993. The van der Waals surface area contributed by atoms with Crippen molar-refractivity contribution in [3.05, 3.63) is 0 Å². The van der Waals surface area contributed by atoms with Crippen LogP contribution in [0.4, 0.5) is 0 Å². The van der Waals surface area contributed by atoms with Crippen LogP contribution in [-0.4, -0.2) is 50.7 Å². The minimum atomic E-state index is -0.0280. The van der Waals surface area contributed by atoms with Gasteiger partial charge in [-0.05, 0) is 12.8 Å². The summed E-state index contributed by atoms with van der Waals surface area (Å²) in [6.07, 6.45) is 2.36. The van der Waals surface area contributed by atoms with Gasteiger partial charge in [-0.1, -0.05) is 0 Å². The van der Waals surface area contributed by atoms with Crippen LogP contribution in [0.25, 0.3) is 0 Å². The van der Waals surface area contributed by atoms with Crippen molar-refractivity contribution < 1.29 is 14.3 Å². The summed E-state index contributed by atoms with van der Waals surface area (Å²) in [7, 11) is 0. The second kappa shape index (κ2) is 6.70. The van der Waals surface area contributed by atoms with Crippen molar-refractivity contribution in [2.45, 2.75) is 25.4 Å². The molecule has 0 aromatic carbocycles. The number of hydrogen-bond donors (Lipinski definition) is 3. The Morgan fingerprint density at radius 2 is 2.00 bits per heavy atom. The lowest BCUT2D eigenvalue weighted by atomic mass is 10.2. The molecular weight excluding hydrogens is 234 g/mol. The minimum absolute atomic E-state index is 0.0237. The molecule has 6 heteroatoms. The monoisotopic (exact) mass is 255 g/mol. The molecule has 1 saturated heterocycles. The Bertz CT molecular complexity index is 299. The van der Waals surface area contributed by atoms with Crippen LogP contribution in [0, 0.1) is 5.92 Å². The van der Waals surface area contributed by atoms with Crippen molar-refractivity contribution in [2.75, 3.05) is 32.8 Å². The van der Waals surface area contributed by atoms with Crippen molar-refractivity contribution in [1.82, 2.24) is 16.0 Å². The van der Waals surface area contributed by atoms with Crippen LogP contribution in [0.2, 0.25) is 0 Å². The van der Waals surface area contributed by atoms with Crippen LogP contribution in [0.5, 0.6) is 0 Å². The number of carbonyl (C=O) groups excluding carboxylic acids is 2. The summed E-state index contributed by atoms with van der Waals surface area (Å²) in [6, 6.07) is 0. The molecule has 0 aromatic rings. The van der Waals surface area contributed by atoms with Crippen molar-refractivity contribution in [3.63, 3.8) is 0 Å². The molecule has 102 valence electrons. The Kier molecular flexibility index (Phi) is 4.95. The average molecular weight is 255 g/mol. The lowest BCUT2D eigenvalue weighted by molar-refractivity contribution is -0.125. The standard InChI is InChI=1S/C12H21N3O3/c16-11(7-10-8-13-5-6-18-10)14-3-4-15-12(17)9-1-2-9/h9-10,13H,1-8H2,(H,14,16)(H,15,17). The third-order valence-electron chi connectivity index (χ3n) is 3.11. The second-order valence-corrected chi connectivity index (χ2v) is 4.82. The van der Waals surface area contributed by atoms with Crippen molar-refractivity contribution in [1.29, 1.82) is 0 Å². The molecule has 18 heavy (non-hydrogen) atoms. The summed E-state index contributed by atoms with van der Waals surface area (Å²) in [5, 5.41) is 8.77. The molecule has 2 aliphatic rings. The Hall–Kier alpha value is -1.14. The number of rotatable bonds is 6. The molecule has 0 radical (unpaired) electrons. The van der Waals surface area contributed by atoms with Gasteiger partial charge in [-0.25, -0.2) is 0 Å². The van der Waals surface area contributed by atoms with Crippen LogP contribution in [0.1, 0.15) is 19.3 Å². The highest BCUT2D eigenvalue weighted by Crippen LogP contribution is 2.28. The first-order valence-electron chi connectivity index (χ1n) is 6.62. The molecule has 1 unspecified atom stereocenters. The van der Waals surface area contributed by atoms with Gasteiger partial charge in [-0.2, -0.15) is 0 Å². The second-order valence-electron chi connectivity index (χ2n) is 4.82. The molecule has 0 aromatic heterocycles. The topological polar surface area (TPSA) is 79.5 Å². The van der Waals surface area contributed by atoms with Crippen molar-refractivity contribution >= 4 is 11.8 Å². The van der Waals surface area contributed by atoms with Crippen LogP contribution >= 0.6 is 0 Å². The highest BCUT2D eigenvalue weighted by atomic mass is 16.5. The largest absolute Gasteiger partial charge is 0.375 e. The predicted molar refractivity (Wildman–Crippen MR) is 66.0 cm³/mol. The Labute approximate surface area is 107 Å². The zero-order valence-corrected chi connectivity index (χ0v) is 10.5. The molecule has 0 bridgehead atoms. The third kappa shape index (κ3) is 4.62. The highest BCUT2D eigenvalue weighted by molar-refractivity contribution is 5.81. The van der Waals surface area contributed by atoms with Gasteiger partial charge in [0.05, 0.1) is 19.1 Å². The van der Waals surface area contributed by atoms with Gasteiger partial charge in [0.2, 0.25) is 11.8 Å². The highest BCUT2D eigenvalue weighted by Gasteiger charge is 2.29. The molecule has 1 aliphatic carbocycles. The van der Waals surface area contributed by atoms with E-state index in [9.17, 15) is 9.59 Å². The molecule has 1 heterocycles. The van der Waals surface area contributed by atoms with Gasteiger partial charge in [-0.15, -0.1) is 0 Å². The van der Waals surface area contributed by atoms with Gasteiger partial charge >= 0.3 is 0 Å². The Morgan fingerprint density at radius 3 is 2.67 bits per heavy atom. The zero-order chi connectivity index (χ0) is 12.8. The third-order valence-corrected chi connectivity index (χ3v) is 3.11. The fraction of sp³-hybridized carbons (Fsp3) is 0.833. The van der Waals surface area contributed by atoms with Gasteiger partial charge in [0.15, 0.2) is 0 Å². The van der Waals surface area contributed by atoms with E-state index in [1.54, 1.807) is 0 Å². The molecular formula is C12H21N3O3. The molecule has 6 nitrogen and oxygen atoms in total. The van der Waals surface area contributed by atoms with Crippen LogP contribution in [0.15, 0.2) is 0 Å². The molecule has 1 atom stereocenters. The summed E-state index contributed by atoms with van der Waals surface area (Å²) < 4.78 is 5.44. The van der Waals surface area contributed by atoms with E-state index in [0.717, 1.165) is 25.9 Å². The first kappa shape index (κ1) is 13.3. The lowest BCUT2D eigenvalue weighted by Crippen LogP contribution is -2.42. The van der Waals surface area contributed by atoms with Gasteiger partial charge in [0, 0.05) is 32.1 Å². The van der Waals surface area contributed by atoms with Gasteiger partial charge in [0.25, 0.3) is 0 Å². The van der Waals surface area contributed by atoms with Crippen LogP contribution < -0.4 is 16.0 Å². The summed E-state index contributed by atoms with van der Waals surface area (Å²) >= 11 is 0. The quantitative estimate of drug-likeness (QED) is 0.532. The SMILES string of the molecule is O=C(CC1CNCCO1)NCCNC(=O)C1CC1. The number of morpholine rings is 1. The molecule has 3 N–H and O–H groups in total. The van der Waals surface area contributed by atoms with Crippen LogP contribution in [-0.2, 0) is 14.3 Å². The first-order chi connectivity index (χ1) is 8.75. The Balaban J connectivity index is 1.49. The minimum Gasteiger partial charge on any atom is -0.375 e. The molecule has 1 saturated carbocycles. The normalized spacial score (nSPS) is 23.4. The molecule has 0 spiro atoms. The maximum atomic E-state index is 11.6. The first-order valence-corrected chi connectivity index (χ1v) is 6.62. The van der Waals surface area contributed by atoms with Gasteiger partial charge in [0.1, 0.15) is 0 Å². The van der Waals surface area contributed by atoms with E-state index >= 15 is 0 Å². The summed E-state index contributed by atoms with van der Waals surface area (Å²) in [5.74, 6) is 0.316. The van der Waals surface area contributed by atoms with Gasteiger partial charge < -0.3 is 20.7 Å². The van der Waals surface area contributed by atoms with E-state index in [0.29, 0.717) is 26.1 Å².